The Bertz CT molecular complexity index is 1110. The Hall–Kier alpha value is -2.47. The summed E-state index contributed by atoms with van der Waals surface area (Å²) in [6.07, 6.45) is 47.8. The molecule has 1 rings (SSSR count). The molecular formula is C52H94N2O4. The summed E-state index contributed by atoms with van der Waals surface area (Å²) in [6.45, 7) is 14.0. The minimum Gasteiger partial charge on any atom is -0.490 e. The van der Waals surface area contributed by atoms with Gasteiger partial charge in [-0.05, 0) is 122 Å². The normalized spacial score (nSPS) is 11.9. The minimum absolute atomic E-state index is 0.347. The van der Waals surface area contributed by atoms with E-state index in [0.717, 1.165) is 63.5 Å². The number of unbranched alkanes of at least 4 members (excludes halogenated alkanes) is 25. The van der Waals surface area contributed by atoms with Crippen LogP contribution in [0.15, 0.2) is 42.5 Å². The minimum atomic E-state index is -0.470. The topological polar surface area (TPSA) is 68.8 Å². The number of nitrogens with one attached hydrogen (secondary N) is 2. The maximum atomic E-state index is 11.9. The Morgan fingerprint density at radius 3 is 1.40 bits per heavy atom. The predicted octanol–water partition coefficient (Wildman–Crippen LogP) is 15.9. The fourth-order valence-electron chi connectivity index (χ4n) is 7.07. The van der Waals surface area contributed by atoms with Crippen molar-refractivity contribution >= 4 is 6.09 Å². The van der Waals surface area contributed by atoms with Crippen LogP contribution < -0.4 is 20.1 Å². The molecule has 0 bridgehead atoms. The Balaban J connectivity index is 2.34. The molecule has 0 heterocycles. The maximum absolute atomic E-state index is 11.9. The molecule has 6 heteroatoms. The number of ether oxygens (including phenoxy) is 3. The highest BCUT2D eigenvalue weighted by atomic mass is 16.6. The van der Waals surface area contributed by atoms with Gasteiger partial charge in [-0.25, -0.2) is 4.79 Å². The molecule has 0 aliphatic carbocycles. The first-order chi connectivity index (χ1) is 28.4. The van der Waals surface area contributed by atoms with Crippen molar-refractivity contribution in [1.82, 2.24) is 10.6 Å². The second-order valence-electron chi connectivity index (χ2n) is 17.7. The lowest BCUT2D eigenvalue weighted by Crippen LogP contribution is -2.33. The third-order valence-corrected chi connectivity index (χ3v) is 10.6. The van der Waals surface area contributed by atoms with Gasteiger partial charge in [0.05, 0.1) is 13.2 Å². The molecule has 58 heavy (non-hydrogen) atoms. The molecule has 0 aliphatic heterocycles. The van der Waals surface area contributed by atoms with E-state index in [1.54, 1.807) is 0 Å². The van der Waals surface area contributed by atoms with E-state index in [1.165, 1.54) is 173 Å². The van der Waals surface area contributed by atoms with Crippen molar-refractivity contribution in [2.45, 2.75) is 239 Å². The van der Waals surface area contributed by atoms with Gasteiger partial charge in [0.25, 0.3) is 0 Å². The SMILES string of the molecule is CCCCCCCC/C=C\CCCCCCCCOc1ccc(CNCCCCNC(=O)OC(C)(C)C)cc1OCCCCCCCC/C=C\CCCCCCCC. The molecule has 336 valence electrons. The van der Waals surface area contributed by atoms with Gasteiger partial charge in [0.1, 0.15) is 5.60 Å². The summed E-state index contributed by atoms with van der Waals surface area (Å²) in [4.78, 5) is 11.9. The third kappa shape index (κ3) is 36.6. The maximum Gasteiger partial charge on any atom is 0.407 e. The van der Waals surface area contributed by atoms with E-state index in [0.29, 0.717) is 6.54 Å². The summed E-state index contributed by atoms with van der Waals surface area (Å²) in [5.74, 6) is 1.74. The Morgan fingerprint density at radius 2 is 0.931 bits per heavy atom. The van der Waals surface area contributed by atoms with Gasteiger partial charge in [0, 0.05) is 13.1 Å². The van der Waals surface area contributed by atoms with Crippen molar-refractivity contribution in [3.05, 3.63) is 48.1 Å². The zero-order chi connectivity index (χ0) is 42.0. The van der Waals surface area contributed by atoms with Crippen molar-refractivity contribution in [3.63, 3.8) is 0 Å². The number of rotatable bonds is 41. The first kappa shape index (κ1) is 53.5. The molecule has 0 spiro atoms. The monoisotopic (exact) mass is 811 g/mol. The second kappa shape index (κ2) is 40.0. The van der Waals surface area contributed by atoms with E-state index >= 15 is 0 Å². The van der Waals surface area contributed by atoms with Gasteiger partial charge >= 0.3 is 6.09 Å². The highest BCUT2D eigenvalue weighted by Crippen LogP contribution is 2.29. The number of carbonyl (C=O) groups excluding carboxylic acids is 1. The van der Waals surface area contributed by atoms with Gasteiger partial charge in [0.2, 0.25) is 0 Å². The summed E-state index contributed by atoms with van der Waals surface area (Å²) in [7, 11) is 0. The largest absolute Gasteiger partial charge is 0.490 e. The molecule has 0 radical (unpaired) electrons. The zero-order valence-electron chi connectivity index (χ0n) is 38.9. The van der Waals surface area contributed by atoms with Gasteiger partial charge in [-0.1, -0.05) is 160 Å². The predicted molar refractivity (Wildman–Crippen MR) is 252 cm³/mol. The Kier molecular flexibility index (Phi) is 36.9. The quantitative estimate of drug-likeness (QED) is 0.0509. The van der Waals surface area contributed by atoms with Crippen LogP contribution >= 0.6 is 0 Å². The lowest BCUT2D eigenvalue weighted by atomic mass is 10.1. The summed E-state index contributed by atoms with van der Waals surface area (Å²) in [5.41, 5.74) is 0.732. The number of hydrogen-bond donors (Lipinski definition) is 2. The summed E-state index contributed by atoms with van der Waals surface area (Å²) < 4.78 is 18.0. The second-order valence-corrected chi connectivity index (χ2v) is 17.7. The summed E-state index contributed by atoms with van der Waals surface area (Å²) in [5, 5.41) is 6.40. The number of allylic oxidation sites excluding steroid dienone is 4. The molecule has 0 atom stereocenters. The molecule has 1 aromatic rings. The molecule has 0 fully saturated rings. The van der Waals surface area contributed by atoms with Crippen LogP contribution in [0.3, 0.4) is 0 Å². The van der Waals surface area contributed by atoms with Crippen LogP contribution in [-0.2, 0) is 11.3 Å². The molecule has 1 aromatic carbocycles. The molecule has 0 saturated heterocycles. The number of benzene rings is 1. The van der Waals surface area contributed by atoms with E-state index in [4.69, 9.17) is 14.2 Å². The molecule has 0 aromatic heterocycles. The molecule has 6 nitrogen and oxygen atoms in total. The van der Waals surface area contributed by atoms with Gasteiger partial charge in [-0.2, -0.15) is 0 Å². The van der Waals surface area contributed by atoms with Crippen LogP contribution in [0.2, 0.25) is 0 Å². The molecule has 0 saturated carbocycles. The summed E-state index contributed by atoms with van der Waals surface area (Å²) >= 11 is 0. The van der Waals surface area contributed by atoms with Crippen LogP contribution in [0.5, 0.6) is 11.5 Å². The average Bonchev–Trinajstić information content (AvgIpc) is 3.19. The van der Waals surface area contributed by atoms with Crippen LogP contribution in [-0.4, -0.2) is 38.0 Å². The highest BCUT2D eigenvalue weighted by Gasteiger charge is 2.15. The first-order valence-corrected chi connectivity index (χ1v) is 24.7. The van der Waals surface area contributed by atoms with E-state index in [1.807, 2.05) is 20.8 Å². The lowest BCUT2D eigenvalue weighted by Gasteiger charge is -2.19. The van der Waals surface area contributed by atoms with E-state index < -0.39 is 5.60 Å². The third-order valence-electron chi connectivity index (χ3n) is 10.6. The number of carbonyl (C=O) groups is 1. The first-order valence-electron chi connectivity index (χ1n) is 24.7. The molecule has 0 aliphatic rings. The van der Waals surface area contributed by atoms with Crippen LogP contribution in [0, 0.1) is 0 Å². The lowest BCUT2D eigenvalue weighted by molar-refractivity contribution is 0.0527. The Labute approximate surface area is 359 Å². The van der Waals surface area contributed by atoms with Crippen molar-refractivity contribution in [3.8, 4) is 11.5 Å². The van der Waals surface area contributed by atoms with E-state index in [2.05, 4.69) is 67.0 Å². The zero-order valence-corrected chi connectivity index (χ0v) is 38.9. The molecule has 1 amide bonds. The van der Waals surface area contributed by atoms with E-state index in [-0.39, 0.29) is 6.09 Å². The van der Waals surface area contributed by atoms with Gasteiger partial charge in [0.15, 0.2) is 11.5 Å². The fourth-order valence-corrected chi connectivity index (χ4v) is 7.07. The van der Waals surface area contributed by atoms with Crippen molar-refractivity contribution in [2.24, 2.45) is 0 Å². The van der Waals surface area contributed by atoms with Crippen molar-refractivity contribution in [1.29, 1.82) is 0 Å². The van der Waals surface area contributed by atoms with Gasteiger partial charge in [-0.15, -0.1) is 0 Å². The van der Waals surface area contributed by atoms with Crippen molar-refractivity contribution in [2.75, 3.05) is 26.3 Å². The molecule has 2 N–H and O–H groups in total. The smallest absolute Gasteiger partial charge is 0.407 e. The van der Waals surface area contributed by atoms with E-state index in [9.17, 15) is 4.79 Å². The highest BCUT2D eigenvalue weighted by molar-refractivity contribution is 5.67. The van der Waals surface area contributed by atoms with Gasteiger partial charge in [-0.3, -0.25) is 0 Å². The Morgan fingerprint density at radius 1 is 0.517 bits per heavy atom. The molecular weight excluding hydrogens is 717 g/mol. The average molecular weight is 811 g/mol. The number of alkyl carbamates (subject to hydrolysis) is 1. The summed E-state index contributed by atoms with van der Waals surface area (Å²) in [6, 6.07) is 6.42. The van der Waals surface area contributed by atoms with Gasteiger partial charge < -0.3 is 24.8 Å². The van der Waals surface area contributed by atoms with Crippen molar-refractivity contribution < 1.29 is 19.0 Å². The van der Waals surface area contributed by atoms with Crippen LogP contribution in [0.4, 0.5) is 4.79 Å². The number of hydrogen-bond acceptors (Lipinski definition) is 5. The molecule has 0 unspecified atom stereocenters. The number of amides is 1. The fraction of sp³-hybridized carbons (Fsp3) is 0.788. The standard InChI is InChI=1S/C52H94N2O4/c1-6-8-10-12-14-16-18-20-22-24-26-28-30-32-34-38-44-56-49-41-40-48(47-53-42-36-37-43-54-51(55)58-52(3,4)5)46-50(49)57-45-39-35-33-31-29-27-25-23-21-19-17-15-13-11-9-7-2/h20-23,40-41,46,53H,6-19,24-39,42-45,47H2,1-5H3,(H,54,55)/b22-20-,23-21-. The van der Waals surface area contributed by atoms with Crippen LogP contribution in [0.25, 0.3) is 0 Å². The van der Waals surface area contributed by atoms with Crippen LogP contribution in [0.1, 0.15) is 233 Å².